The molecular weight excluding hydrogens is 138 g/mol. The van der Waals surface area contributed by atoms with Gasteiger partial charge < -0.3 is 0 Å². The van der Waals surface area contributed by atoms with Gasteiger partial charge >= 0.3 is 0 Å². The van der Waals surface area contributed by atoms with Crippen LogP contribution in [0.25, 0.3) is 6.08 Å². The molecule has 0 aliphatic rings. The molecule has 0 unspecified atom stereocenters. The second kappa shape index (κ2) is 2.33. The highest BCUT2D eigenvalue weighted by Crippen LogP contribution is 2.17. The first-order valence-electron chi connectivity index (χ1n) is 2.09. The third-order valence-electron chi connectivity index (χ3n) is 0.769. The normalized spacial score (nSPS) is 9.12. The van der Waals surface area contributed by atoms with Gasteiger partial charge in [0, 0.05) is 0 Å². The number of thiazole rings is 1. The lowest BCUT2D eigenvalue weighted by Gasteiger charge is -1.79. The van der Waals surface area contributed by atoms with E-state index in [1.54, 1.807) is 11.6 Å². The molecule has 1 nitrogen and oxygen atoms in total. The van der Waals surface area contributed by atoms with E-state index in [1.165, 1.54) is 11.3 Å². The van der Waals surface area contributed by atoms with E-state index in [0.717, 1.165) is 9.90 Å². The van der Waals surface area contributed by atoms with E-state index in [0.29, 0.717) is 0 Å². The van der Waals surface area contributed by atoms with Gasteiger partial charge in [-0.05, 0) is 6.08 Å². The molecule has 0 fully saturated rings. The molecule has 1 aromatic rings. The maximum Gasteiger partial charge on any atom is 0.0868 e. The third-order valence-corrected chi connectivity index (χ3v) is 1.96. The van der Waals surface area contributed by atoms with Crippen molar-refractivity contribution in [2.24, 2.45) is 0 Å². The number of hydrogen-bond donors (Lipinski definition) is 1. The summed E-state index contributed by atoms with van der Waals surface area (Å²) in [5.41, 5.74) is 2.62. The molecule has 0 aliphatic heterocycles. The van der Waals surface area contributed by atoms with Crippen LogP contribution in [0.3, 0.4) is 0 Å². The van der Waals surface area contributed by atoms with Gasteiger partial charge in [0.15, 0.2) is 0 Å². The number of rotatable bonds is 1. The zero-order chi connectivity index (χ0) is 5.98. The van der Waals surface area contributed by atoms with E-state index in [4.69, 9.17) is 0 Å². The van der Waals surface area contributed by atoms with Gasteiger partial charge in [-0.1, -0.05) is 6.58 Å². The first kappa shape index (κ1) is 5.85. The van der Waals surface area contributed by atoms with Crippen molar-refractivity contribution in [3.8, 4) is 0 Å². The number of thiol groups is 1. The Labute approximate surface area is 57.5 Å². The Kier molecular flexibility index (Phi) is 1.70. The quantitative estimate of drug-likeness (QED) is 0.594. The van der Waals surface area contributed by atoms with Gasteiger partial charge in [-0.25, -0.2) is 4.98 Å². The lowest BCUT2D eigenvalue weighted by Crippen LogP contribution is -1.65. The van der Waals surface area contributed by atoms with Crippen LogP contribution in [-0.2, 0) is 0 Å². The topological polar surface area (TPSA) is 12.9 Å². The molecule has 0 aliphatic carbocycles. The largest absolute Gasteiger partial charge is 0.244 e. The minimum atomic E-state index is 0.873. The summed E-state index contributed by atoms with van der Waals surface area (Å²) in [5, 5.41) is 0. The standard InChI is InChI=1S/C5H5NS2/c1-2-4-5(7)8-3-6-4/h2-3,7H,1H2. The second-order valence-corrected chi connectivity index (χ2v) is 2.85. The lowest BCUT2D eigenvalue weighted by molar-refractivity contribution is 1.34. The second-order valence-electron chi connectivity index (χ2n) is 1.25. The van der Waals surface area contributed by atoms with Crippen molar-refractivity contribution >= 4 is 30.0 Å². The number of aromatic nitrogens is 1. The molecule has 42 valence electrons. The molecule has 0 aromatic carbocycles. The van der Waals surface area contributed by atoms with E-state index in [-0.39, 0.29) is 0 Å². The van der Waals surface area contributed by atoms with Crippen molar-refractivity contribution in [1.29, 1.82) is 0 Å². The van der Waals surface area contributed by atoms with Crippen LogP contribution < -0.4 is 0 Å². The van der Waals surface area contributed by atoms with Gasteiger partial charge in [-0.2, -0.15) is 0 Å². The predicted molar refractivity (Wildman–Crippen MR) is 39.5 cm³/mol. The fraction of sp³-hybridized carbons (Fsp3) is 0. The van der Waals surface area contributed by atoms with Gasteiger partial charge in [0.25, 0.3) is 0 Å². The van der Waals surface area contributed by atoms with Crippen LogP contribution in [0, 0.1) is 0 Å². The highest BCUT2D eigenvalue weighted by atomic mass is 32.2. The smallest absolute Gasteiger partial charge is 0.0868 e. The maximum atomic E-state index is 4.11. The molecule has 0 spiro atoms. The van der Waals surface area contributed by atoms with Crippen LogP contribution in [0.15, 0.2) is 16.3 Å². The van der Waals surface area contributed by atoms with Crippen LogP contribution in [0.4, 0.5) is 0 Å². The van der Waals surface area contributed by atoms with Gasteiger partial charge in [0.2, 0.25) is 0 Å². The molecule has 0 saturated heterocycles. The number of nitrogens with zero attached hydrogens (tertiary/aromatic N) is 1. The van der Waals surface area contributed by atoms with Gasteiger partial charge in [0.05, 0.1) is 15.4 Å². The van der Waals surface area contributed by atoms with Crippen molar-refractivity contribution in [2.75, 3.05) is 0 Å². The summed E-state index contributed by atoms with van der Waals surface area (Å²) in [5.74, 6) is 0. The molecule has 0 radical (unpaired) electrons. The molecule has 0 atom stereocenters. The average Bonchev–Trinajstić information content (AvgIpc) is 2.14. The SMILES string of the molecule is C=Cc1ncsc1S. The lowest BCUT2D eigenvalue weighted by atomic mass is 10.5. The molecule has 1 aromatic heterocycles. The van der Waals surface area contributed by atoms with E-state index in [9.17, 15) is 0 Å². The highest BCUT2D eigenvalue weighted by molar-refractivity contribution is 7.82. The van der Waals surface area contributed by atoms with E-state index in [2.05, 4.69) is 24.2 Å². The van der Waals surface area contributed by atoms with Crippen molar-refractivity contribution in [3.63, 3.8) is 0 Å². The maximum absolute atomic E-state index is 4.11. The van der Waals surface area contributed by atoms with Crippen molar-refractivity contribution in [2.45, 2.75) is 4.21 Å². The first-order valence-corrected chi connectivity index (χ1v) is 3.42. The summed E-state index contributed by atoms with van der Waals surface area (Å²) in [6, 6.07) is 0. The van der Waals surface area contributed by atoms with Crippen LogP contribution in [0.2, 0.25) is 0 Å². The number of hydrogen-bond acceptors (Lipinski definition) is 3. The van der Waals surface area contributed by atoms with Crippen molar-refractivity contribution in [1.82, 2.24) is 4.98 Å². The summed E-state index contributed by atoms with van der Waals surface area (Å²) >= 11 is 5.62. The fourth-order valence-corrected chi connectivity index (χ4v) is 1.20. The van der Waals surface area contributed by atoms with Crippen LogP contribution in [-0.4, -0.2) is 4.98 Å². The first-order chi connectivity index (χ1) is 3.84. The van der Waals surface area contributed by atoms with Crippen LogP contribution in [0.1, 0.15) is 5.69 Å². The van der Waals surface area contributed by atoms with E-state index < -0.39 is 0 Å². The Morgan fingerprint density at radius 3 is 2.88 bits per heavy atom. The molecule has 0 bridgehead atoms. The Bertz CT molecular complexity index is 192. The summed E-state index contributed by atoms with van der Waals surface area (Å²) in [6.07, 6.45) is 1.69. The molecule has 0 saturated carbocycles. The Hall–Kier alpha value is -0.280. The van der Waals surface area contributed by atoms with Crippen molar-refractivity contribution < 1.29 is 0 Å². The summed E-state index contributed by atoms with van der Waals surface area (Å²) in [4.78, 5) is 3.96. The Morgan fingerprint density at radius 2 is 2.62 bits per heavy atom. The van der Waals surface area contributed by atoms with Crippen molar-refractivity contribution in [3.05, 3.63) is 17.8 Å². The predicted octanol–water partition coefficient (Wildman–Crippen LogP) is 2.07. The van der Waals surface area contributed by atoms with Crippen LogP contribution >= 0.6 is 24.0 Å². The van der Waals surface area contributed by atoms with Gasteiger partial charge in [-0.15, -0.1) is 24.0 Å². The molecule has 1 heterocycles. The molecule has 1 rings (SSSR count). The van der Waals surface area contributed by atoms with E-state index in [1.807, 2.05) is 0 Å². The monoisotopic (exact) mass is 143 g/mol. The summed E-state index contributed by atoms with van der Waals surface area (Å²) in [7, 11) is 0. The third kappa shape index (κ3) is 0.928. The van der Waals surface area contributed by atoms with Gasteiger partial charge in [-0.3, -0.25) is 0 Å². The fourth-order valence-electron chi connectivity index (χ4n) is 0.389. The molecule has 0 N–H and O–H groups in total. The van der Waals surface area contributed by atoms with Crippen LogP contribution in [0.5, 0.6) is 0 Å². The summed E-state index contributed by atoms with van der Waals surface area (Å²) < 4.78 is 0.931. The zero-order valence-corrected chi connectivity index (χ0v) is 5.88. The Balaban J connectivity index is 3.09. The average molecular weight is 143 g/mol. The Morgan fingerprint density at radius 1 is 1.88 bits per heavy atom. The minimum absolute atomic E-state index is 0.873. The zero-order valence-electron chi connectivity index (χ0n) is 4.16. The molecule has 3 heteroatoms. The van der Waals surface area contributed by atoms with E-state index >= 15 is 0 Å². The van der Waals surface area contributed by atoms with Gasteiger partial charge in [0.1, 0.15) is 0 Å². The highest BCUT2D eigenvalue weighted by Gasteiger charge is 1.93. The molecule has 8 heavy (non-hydrogen) atoms. The minimum Gasteiger partial charge on any atom is -0.244 e. The molecule has 0 amide bonds. The molecular formula is C5H5NS2. The summed E-state index contributed by atoms with van der Waals surface area (Å²) in [6.45, 7) is 3.56.